The van der Waals surface area contributed by atoms with E-state index in [0.29, 0.717) is 11.8 Å². The molecule has 1 aromatic heterocycles. The van der Waals surface area contributed by atoms with Gasteiger partial charge in [0, 0.05) is 18.5 Å². The molecule has 0 fully saturated rings. The molecule has 0 saturated carbocycles. The van der Waals surface area contributed by atoms with E-state index in [1.807, 2.05) is 11.3 Å². The molecule has 1 rings (SSSR count). The molecule has 20 heavy (non-hydrogen) atoms. The molecule has 0 amide bonds. The highest BCUT2D eigenvalue weighted by Crippen LogP contribution is 2.31. The Balaban J connectivity index is 2.91. The first-order valence-electron chi connectivity index (χ1n) is 7.71. The molecule has 1 heterocycles. The molecule has 4 heteroatoms. The summed E-state index contributed by atoms with van der Waals surface area (Å²) in [5.74, 6) is 1.09. The Morgan fingerprint density at radius 2 is 1.95 bits per heavy atom. The SMILES string of the molecule is CCCNCc1sc(C(OC)C(C)C)nc1CC(C)C. The fraction of sp³-hybridized carbons (Fsp3) is 0.812. The Kier molecular flexibility index (Phi) is 7.70. The summed E-state index contributed by atoms with van der Waals surface area (Å²) >= 11 is 1.81. The van der Waals surface area contributed by atoms with Gasteiger partial charge in [0.1, 0.15) is 11.1 Å². The van der Waals surface area contributed by atoms with Gasteiger partial charge in [-0.3, -0.25) is 0 Å². The van der Waals surface area contributed by atoms with E-state index in [1.165, 1.54) is 10.6 Å². The number of aromatic nitrogens is 1. The van der Waals surface area contributed by atoms with Crippen LogP contribution in [0.5, 0.6) is 0 Å². The van der Waals surface area contributed by atoms with Crippen LogP contribution < -0.4 is 5.32 Å². The average Bonchev–Trinajstić information content (AvgIpc) is 2.72. The molecular weight excluding hydrogens is 268 g/mol. The second-order valence-corrected chi connectivity index (χ2v) is 7.21. The Morgan fingerprint density at radius 3 is 2.45 bits per heavy atom. The Morgan fingerprint density at radius 1 is 1.25 bits per heavy atom. The van der Waals surface area contributed by atoms with E-state index in [-0.39, 0.29) is 6.10 Å². The fourth-order valence-corrected chi connectivity index (χ4v) is 3.56. The van der Waals surface area contributed by atoms with E-state index in [0.717, 1.165) is 30.9 Å². The molecule has 116 valence electrons. The fourth-order valence-electron chi connectivity index (χ4n) is 2.25. The number of hydrogen-bond acceptors (Lipinski definition) is 4. The van der Waals surface area contributed by atoms with Gasteiger partial charge in [-0.1, -0.05) is 34.6 Å². The summed E-state index contributed by atoms with van der Waals surface area (Å²) in [6.07, 6.45) is 2.33. The van der Waals surface area contributed by atoms with Crippen LogP contribution >= 0.6 is 11.3 Å². The number of nitrogens with zero attached hydrogens (tertiary/aromatic N) is 1. The van der Waals surface area contributed by atoms with Crippen molar-refractivity contribution in [1.29, 1.82) is 0 Å². The molecule has 1 unspecified atom stereocenters. The lowest BCUT2D eigenvalue weighted by Gasteiger charge is -2.16. The summed E-state index contributed by atoms with van der Waals surface area (Å²) in [5, 5.41) is 4.63. The Bertz CT molecular complexity index is 388. The van der Waals surface area contributed by atoms with Crippen LogP contribution in [0.1, 0.15) is 62.7 Å². The highest BCUT2D eigenvalue weighted by molar-refractivity contribution is 7.11. The molecule has 1 aromatic rings. The lowest BCUT2D eigenvalue weighted by atomic mass is 10.1. The molecule has 0 radical (unpaired) electrons. The highest BCUT2D eigenvalue weighted by Gasteiger charge is 2.21. The Labute approximate surface area is 128 Å². The molecule has 0 bridgehead atoms. The number of ether oxygens (including phenoxy) is 1. The van der Waals surface area contributed by atoms with Crippen LogP contribution in [0.4, 0.5) is 0 Å². The van der Waals surface area contributed by atoms with Gasteiger partial charge in [0.25, 0.3) is 0 Å². The van der Waals surface area contributed by atoms with Gasteiger partial charge in [0.15, 0.2) is 0 Å². The van der Waals surface area contributed by atoms with Crippen LogP contribution in [-0.4, -0.2) is 18.6 Å². The second-order valence-electron chi connectivity index (χ2n) is 6.10. The molecule has 0 spiro atoms. The lowest BCUT2D eigenvalue weighted by Crippen LogP contribution is -2.14. The van der Waals surface area contributed by atoms with Crippen molar-refractivity contribution >= 4 is 11.3 Å². The predicted molar refractivity (Wildman–Crippen MR) is 87.2 cm³/mol. The molecule has 0 aliphatic rings. The lowest BCUT2D eigenvalue weighted by molar-refractivity contribution is 0.0643. The standard InChI is InChI=1S/C16H30N2OS/c1-7-8-17-10-14-13(9-11(2)3)18-16(20-14)15(19-6)12(4)5/h11-12,15,17H,7-10H2,1-6H3. The minimum Gasteiger partial charge on any atom is -0.374 e. The Hall–Kier alpha value is -0.450. The largest absolute Gasteiger partial charge is 0.374 e. The summed E-state index contributed by atoms with van der Waals surface area (Å²) in [4.78, 5) is 6.25. The van der Waals surface area contributed by atoms with Crippen molar-refractivity contribution in [2.45, 2.75) is 60.1 Å². The predicted octanol–water partition coefficient (Wildman–Crippen LogP) is 4.18. The van der Waals surface area contributed by atoms with E-state index >= 15 is 0 Å². The van der Waals surface area contributed by atoms with Gasteiger partial charge in [-0.25, -0.2) is 4.98 Å². The summed E-state index contributed by atoms with van der Waals surface area (Å²) in [6.45, 7) is 13.1. The monoisotopic (exact) mass is 298 g/mol. The zero-order valence-electron chi connectivity index (χ0n) is 13.8. The van der Waals surface area contributed by atoms with Crippen LogP contribution in [0, 0.1) is 11.8 Å². The van der Waals surface area contributed by atoms with Crippen molar-refractivity contribution in [1.82, 2.24) is 10.3 Å². The van der Waals surface area contributed by atoms with Gasteiger partial charge < -0.3 is 10.1 Å². The smallest absolute Gasteiger partial charge is 0.122 e. The number of thiazole rings is 1. The van der Waals surface area contributed by atoms with Crippen molar-refractivity contribution in [3.8, 4) is 0 Å². The van der Waals surface area contributed by atoms with Crippen molar-refractivity contribution in [3.63, 3.8) is 0 Å². The molecule has 1 N–H and O–H groups in total. The van der Waals surface area contributed by atoms with Crippen molar-refractivity contribution in [3.05, 3.63) is 15.6 Å². The van der Waals surface area contributed by atoms with Crippen LogP contribution in [0.15, 0.2) is 0 Å². The van der Waals surface area contributed by atoms with Gasteiger partial charge >= 0.3 is 0 Å². The highest BCUT2D eigenvalue weighted by atomic mass is 32.1. The summed E-state index contributed by atoms with van der Waals surface area (Å²) < 4.78 is 5.62. The maximum Gasteiger partial charge on any atom is 0.122 e. The third kappa shape index (κ3) is 5.15. The van der Waals surface area contributed by atoms with Gasteiger partial charge in [0.2, 0.25) is 0 Å². The normalized spacial score (nSPS) is 13.4. The third-order valence-corrected chi connectivity index (χ3v) is 4.37. The average molecular weight is 298 g/mol. The zero-order chi connectivity index (χ0) is 15.1. The summed E-state index contributed by atoms with van der Waals surface area (Å²) in [5.41, 5.74) is 1.26. The number of rotatable bonds is 9. The van der Waals surface area contributed by atoms with Gasteiger partial charge in [-0.05, 0) is 31.2 Å². The first-order chi connectivity index (χ1) is 9.49. The van der Waals surface area contributed by atoms with Crippen LogP contribution in [0.25, 0.3) is 0 Å². The molecular formula is C16H30N2OS. The molecule has 0 saturated heterocycles. The van der Waals surface area contributed by atoms with E-state index in [9.17, 15) is 0 Å². The van der Waals surface area contributed by atoms with E-state index in [1.54, 1.807) is 7.11 Å². The quantitative estimate of drug-likeness (QED) is 0.694. The second kappa shape index (κ2) is 8.75. The van der Waals surface area contributed by atoms with E-state index < -0.39 is 0 Å². The van der Waals surface area contributed by atoms with Gasteiger partial charge in [-0.15, -0.1) is 11.3 Å². The van der Waals surface area contributed by atoms with Crippen molar-refractivity contribution in [2.75, 3.05) is 13.7 Å². The number of methoxy groups -OCH3 is 1. The van der Waals surface area contributed by atoms with Gasteiger partial charge in [0.05, 0.1) is 5.69 Å². The summed E-state index contributed by atoms with van der Waals surface area (Å²) in [7, 11) is 1.78. The first kappa shape index (κ1) is 17.6. The van der Waals surface area contributed by atoms with E-state index in [4.69, 9.17) is 9.72 Å². The maximum absolute atomic E-state index is 5.62. The number of hydrogen-bond donors (Lipinski definition) is 1. The minimum atomic E-state index is 0.117. The first-order valence-corrected chi connectivity index (χ1v) is 8.53. The molecule has 0 aromatic carbocycles. The number of nitrogens with one attached hydrogen (secondary N) is 1. The molecule has 3 nitrogen and oxygen atoms in total. The third-order valence-electron chi connectivity index (χ3n) is 3.21. The van der Waals surface area contributed by atoms with Crippen LogP contribution in [0.3, 0.4) is 0 Å². The molecule has 0 aliphatic carbocycles. The minimum absolute atomic E-state index is 0.117. The van der Waals surface area contributed by atoms with Crippen LogP contribution in [-0.2, 0) is 17.7 Å². The molecule has 0 aliphatic heterocycles. The topological polar surface area (TPSA) is 34.1 Å². The van der Waals surface area contributed by atoms with E-state index in [2.05, 4.69) is 39.9 Å². The van der Waals surface area contributed by atoms with Crippen molar-refractivity contribution in [2.24, 2.45) is 11.8 Å². The zero-order valence-corrected chi connectivity index (χ0v) is 14.6. The van der Waals surface area contributed by atoms with Crippen LogP contribution in [0.2, 0.25) is 0 Å². The maximum atomic E-state index is 5.62. The molecule has 1 atom stereocenters. The van der Waals surface area contributed by atoms with Crippen molar-refractivity contribution < 1.29 is 4.74 Å². The summed E-state index contributed by atoms with van der Waals surface area (Å²) in [6, 6.07) is 0. The van der Waals surface area contributed by atoms with Gasteiger partial charge in [-0.2, -0.15) is 0 Å².